The Balaban J connectivity index is 2.15. The number of hydrogen-bond acceptors (Lipinski definition) is 5. The van der Waals surface area contributed by atoms with Crippen molar-refractivity contribution < 1.29 is 20.1 Å². The van der Waals surface area contributed by atoms with Gasteiger partial charge in [0.05, 0.1) is 10.7 Å². The summed E-state index contributed by atoms with van der Waals surface area (Å²) in [5.74, 6) is 0. The maximum Gasteiger partial charge on any atom is 0.488 e. The minimum absolute atomic E-state index is 0.211. The molecule has 3 rings (SSSR count). The third kappa shape index (κ3) is 2.97. The van der Waals surface area contributed by atoms with E-state index in [-0.39, 0.29) is 15.6 Å². The van der Waals surface area contributed by atoms with E-state index in [1.165, 1.54) is 28.9 Å². The predicted molar refractivity (Wildman–Crippen MR) is 90.7 cm³/mol. The van der Waals surface area contributed by atoms with Gasteiger partial charge in [0.2, 0.25) is 0 Å². The number of rotatable bonds is 3. The first-order chi connectivity index (χ1) is 10.9. The molecule has 0 saturated carbocycles. The van der Waals surface area contributed by atoms with Crippen molar-refractivity contribution in [1.29, 1.82) is 0 Å². The van der Waals surface area contributed by atoms with E-state index in [0.717, 1.165) is 0 Å². The Bertz CT molecular complexity index is 869. The van der Waals surface area contributed by atoms with Crippen molar-refractivity contribution in [3.05, 3.63) is 46.6 Å². The normalized spacial score (nSPS) is 11.0. The van der Waals surface area contributed by atoms with E-state index >= 15 is 0 Å². The molecule has 0 aliphatic heterocycles. The minimum atomic E-state index is -1.67. The van der Waals surface area contributed by atoms with E-state index < -0.39 is 14.2 Å². The summed E-state index contributed by atoms with van der Waals surface area (Å²) in [4.78, 5) is 0. The summed E-state index contributed by atoms with van der Waals surface area (Å²) in [6, 6.07) is 9.24. The molecule has 23 heavy (non-hydrogen) atoms. The summed E-state index contributed by atoms with van der Waals surface area (Å²) in [7, 11) is -3.22. The summed E-state index contributed by atoms with van der Waals surface area (Å²) in [6.07, 6.45) is 0. The first-order valence-electron chi connectivity index (χ1n) is 6.58. The van der Waals surface area contributed by atoms with Gasteiger partial charge in [0, 0.05) is 5.39 Å². The third-order valence-corrected chi connectivity index (χ3v) is 4.08. The van der Waals surface area contributed by atoms with Crippen molar-refractivity contribution in [3.63, 3.8) is 0 Å². The molecule has 1 heterocycles. The Morgan fingerprint density at radius 2 is 1.48 bits per heavy atom. The fourth-order valence-corrected chi connectivity index (χ4v) is 2.79. The van der Waals surface area contributed by atoms with Crippen LogP contribution in [-0.4, -0.2) is 44.1 Å². The molecular formula is C13H10B2Cl2N2O4. The van der Waals surface area contributed by atoms with Gasteiger partial charge in [0.25, 0.3) is 0 Å². The largest absolute Gasteiger partial charge is 0.488 e. The standard InChI is InChI=1S/C13H10B2Cl2N2O4/c16-11-6-8(15(22)23)5-10-12(11)18-19(13(10)17)9-3-1-7(2-4-9)14(20)21/h1-6,20-23H. The van der Waals surface area contributed by atoms with Gasteiger partial charge in [0.1, 0.15) is 10.7 Å². The van der Waals surface area contributed by atoms with Crippen LogP contribution in [0, 0.1) is 0 Å². The van der Waals surface area contributed by atoms with E-state index in [2.05, 4.69) is 5.10 Å². The fourth-order valence-electron chi connectivity index (χ4n) is 2.24. The van der Waals surface area contributed by atoms with Gasteiger partial charge in [-0.1, -0.05) is 35.3 Å². The molecule has 0 aliphatic carbocycles. The van der Waals surface area contributed by atoms with Gasteiger partial charge in [-0.3, -0.25) is 0 Å². The van der Waals surface area contributed by atoms with E-state index in [1.807, 2.05) is 0 Å². The summed E-state index contributed by atoms with van der Waals surface area (Å²) < 4.78 is 1.43. The summed E-state index contributed by atoms with van der Waals surface area (Å²) in [5, 5.41) is 42.1. The highest BCUT2D eigenvalue weighted by atomic mass is 35.5. The average Bonchev–Trinajstić information content (AvgIpc) is 2.85. The van der Waals surface area contributed by atoms with Crippen molar-refractivity contribution >= 4 is 59.3 Å². The monoisotopic (exact) mass is 350 g/mol. The molecule has 0 radical (unpaired) electrons. The highest BCUT2D eigenvalue weighted by Gasteiger charge is 2.19. The zero-order chi connectivity index (χ0) is 16.7. The molecule has 0 atom stereocenters. The lowest BCUT2D eigenvalue weighted by molar-refractivity contribution is 0.424. The van der Waals surface area contributed by atoms with E-state index in [0.29, 0.717) is 22.1 Å². The average molecular weight is 351 g/mol. The van der Waals surface area contributed by atoms with Crippen LogP contribution in [0.4, 0.5) is 0 Å². The lowest BCUT2D eigenvalue weighted by Gasteiger charge is -2.04. The highest BCUT2D eigenvalue weighted by Crippen LogP contribution is 2.29. The van der Waals surface area contributed by atoms with Crippen LogP contribution < -0.4 is 10.9 Å². The zero-order valence-corrected chi connectivity index (χ0v) is 13.1. The van der Waals surface area contributed by atoms with Gasteiger partial charge >= 0.3 is 14.2 Å². The predicted octanol–water partition coefficient (Wildman–Crippen LogP) is -0.308. The number of benzene rings is 2. The zero-order valence-electron chi connectivity index (χ0n) is 11.6. The Labute approximate surface area is 141 Å². The van der Waals surface area contributed by atoms with Crippen LogP contribution in [0.15, 0.2) is 36.4 Å². The van der Waals surface area contributed by atoms with Gasteiger partial charge in [-0.2, -0.15) is 5.10 Å². The van der Waals surface area contributed by atoms with Crippen molar-refractivity contribution in [2.24, 2.45) is 0 Å². The van der Waals surface area contributed by atoms with Crippen molar-refractivity contribution in [3.8, 4) is 5.69 Å². The third-order valence-electron chi connectivity index (χ3n) is 3.43. The number of fused-ring (bicyclic) bond motifs is 1. The van der Waals surface area contributed by atoms with Gasteiger partial charge in [-0.05, 0) is 35.2 Å². The van der Waals surface area contributed by atoms with Crippen LogP contribution in [0.2, 0.25) is 10.2 Å². The Morgan fingerprint density at radius 1 is 0.870 bits per heavy atom. The van der Waals surface area contributed by atoms with E-state index in [1.54, 1.807) is 12.1 Å². The molecule has 0 unspecified atom stereocenters. The molecule has 0 saturated heterocycles. The molecular weight excluding hydrogens is 341 g/mol. The molecule has 3 aromatic rings. The van der Waals surface area contributed by atoms with Gasteiger partial charge in [-0.25, -0.2) is 4.68 Å². The molecule has 116 valence electrons. The van der Waals surface area contributed by atoms with Gasteiger partial charge in [-0.15, -0.1) is 0 Å². The van der Waals surface area contributed by atoms with Gasteiger partial charge in [0.15, 0.2) is 0 Å². The first kappa shape index (κ1) is 16.3. The molecule has 0 fully saturated rings. The van der Waals surface area contributed by atoms with E-state index in [9.17, 15) is 10.0 Å². The second-order valence-electron chi connectivity index (χ2n) is 4.94. The van der Waals surface area contributed by atoms with Crippen LogP contribution in [0.3, 0.4) is 0 Å². The van der Waals surface area contributed by atoms with Crippen LogP contribution in [0.5, 0.6) is 0 Å². The van der Waals surface area contributed by atoms with Crippen molar-refractivity contribution in [2.75, 3.05) is 0 Å². The number of hydrogen-bond donors (Lipinski definition) is 4. The van der Waals surface area contributed by atoms with E-state index in [4.69, 9.17) is 33.2 Å². The number of halogens is 2. The topological polar surface area (TPSA) is 98.7 Å². The highest BCUT2D eigenvalue weighted by molar-refractivity contribution is 6.60. The lowest BCUT2D eigenvalue weighted by Crippen LogP contribution is -2.29. The molecule has 0 amide bonds. The number of aromatic nitrogens is 2. The van der Waals surface area contributed by atoms with Crippen molar-refractivity contribution in [1.82, 2.24) is 9.78 Å². The van der Waals surface area contributed by atoms with Crippen molar-refractivity contribution in [2.45, 2.75) is 0 Å². The lowest BCUT2D eigenvalue weighted by atomic mass is 9.80. The quantitative estimate of drug-likeness (QED) is 0.486. The Hall–Kier alpha value is -1.54. The Kier molecular flexibility index (Phi) is 4.37. The molecule has 1 aromatic heterocycles. The van der Waals surface area contributed by atoms with Crippen LogP contribution in [0.25, 0.3) is 16.6 Å². The van der Waals surface area contributed by atoms with Crippen LogP contribution in [0.1, 0.15) is 0 Å². The summed E-state index contributed by atoms with van der Waals surface area (Å²) >= 11 is 12.4. The molecule has 0 bridgehead atoms. The molecule has 4 N–H and O–H groups in total. The number of nitrogens with zero attached hydrogens (tertiary/aromatic N) is 2. The molecule has 0 spiro atoms. The molecule has 6 nitrogen and oxygen atoms in total. The minimum Gasteiger partial charge on any atom is -0.423 e. The molecule has 10 heteroatoms. The molecule has 2 aromatic carbocycles. The SMILES string of the molecule is OB(O)c1ccc(-n2nc3c(Cl)cc(B(O)O)cc3c2Cl)cc1. The maximum absolute atomic E-state index is 9.28. The van der Waals surface area contributed by atoms with Crippen LogP contribution in [-0.2, 0) is 0 Å². The fraction of sp³-hybridized carbons (Fsp3) is 0. The summed E-state index contributed by atoms with van der Waals surface area (Å²) in [6.45, 7) is 0. The summed E-state index contributed by atoms with van der Waals surface area (Å²) in [5.41, 5.74) is 1.57. The maximum atomic E-state index is 9.28. The second kappa shape index (κ2) is 6.16. The Morgan fingerprint density at radius 3 is 2.04 bits per heavy atom. The smallest absolute Gasteiger partial charge is 0.423 e. The van der Waals surface area contributed by atoms with Gasteiger partial charge < -0.3 is 20.1 Å². The first-order valence-corrected chi connectivity index (χ1v) is 7.34. The van der Waals surface area contributed by atoms with Crippen LogP contribution >= 0.6 is 23.2 Å². The second-order valence-corrected chi connectivity index (χ2v) is 5.71. The molecule has 0 aliphatic rings.